The normalized spacial score (nSPS) is 15.7. The minimum absolute atomic E-state index is 0.249. The van der Waals surface area contributed by atoms with Gasteiger partial charge in [-0.3, -0.25) is 14.5 Å². The maximum Gasteiger partial charge on any atom is 0.293 e. The molecule has 1 aliphatic rings. The quantitative estimate of drug-likeness (QED) is 0.445. The third kappa shape index (κ3) is 3.97. The number of rotatable bonds is 5. The van der Waals surface area contributed by atoms with Crippen molar-refractivity contribution in [3.8, 4) is 0 Å². The first-order valence-corrected chi connectivity index (χ1v) is 10.7. The third-order valence-electron chi connectivity index (χ3n) is 4.95. The van der Waals surface area contributed by atoms with Crippen LogP contribution in [0, 0.1) is 13.8 Å². The van der Waals surface area contributed by atoms with Gasteiger partial charge in [0.15, 0.2) is 0 Å². The summed E-state index contributed by atoms with van der Waals surface area (Å²) in [4.78, 5) is 27.1. The van der Waals surface area contributed by atoms with Crippen molar-refractivity contribution < 1.29 is 14.0 Å². The van der Waals surface area contributed by atoms with Crippen molar-refractivity contribution in [3.63, 3.8) is 0 Å². The SMILES string of the molecule is Cc1cc(/C=C2\SC(=O)N(Cc3ccccc3Br)C2=O)c(C)n1Cc1ccco1. The lowest BCUT2D eigenvalue weighted by Crippen LogP contribution is -2.27. The van der Waals surface area contributed by atoms with Crippen LogP contribution in [0.4, 0.5) is 4.79 Å². The molecule has 0 spiro atoms. The van der Waals surface area contributed by atoms with Crippen LogP contribution in [0.1, 0.15) is 28.3 Å². The Morgan fingerprint density at radius 2 is 1.90 bits per heavy atom. The molecule has 3 heterocycles. The first kappa shape index (κ1) is 19.8. The molecule has 0 saturated carbocycles. The van der Waals surface area contributed by atoms with Gasteiger partial charge in [-0.1, -0.05) is 34.1 Å². The molecule has 0 bridgehead atoms. The Labute approximate surface area is 181 Å². The summed E-state index contributed by atoms with van der Waals surface area (Å²) in [7, 11) is 0. The molecule has 0 radical (unpaired) electrons. The monoisotopic (exact) mass is 470 g/mol. The van der Waals surface area contributed by atoms with Gasteiger partial charge in [0.1, 0.15) is 5.76 Å². The maximum absolute atomic E-state index is 12.9. The molecule has 2 aromatic heterocycles. The van der Waals surface area contributed by atoms with E-state index >= 15 is 0 Å². The van der Waals surface area contributed by atoms with Gasteiger partial charge in [-0.05, 0) is 67.1 Å². The zero-order valence-electron chi connectivity index (χ0n) is 16.0. The largest absolute Gasteiger partial charge is 0.467 e. The van der Waals surface area contributed by atoms with Crippen LogP contribution >= 0.6 is 27.7 Å². The van der Waals surface area contributed by atoms with Gasteiger partial charge in [-0.25, -0.2) is 0 Å². The fraction of sp³-hybridized carbons (Fsp3) is 0.182. The second-order valence-corrected chi connectivity index (χ2v) is 8.70. The van der Waals surface area contributed by atoms with Crippen LogP contribution < -0.4 is 0 Å². The lowest BCUT2D eigenvalue weighted by Gasteiger charge is -2.13. The minimum atomic E-state index is -0.258. The van der Waals surface area contributed by atoms with E-state index in [1.165, 1.54) is 4.90 Å². The molecule has 29 heavy (non-hydrogen) atoms. The number of benzene rings is 1. The Balaban J connectivity index is 1.58. The third-order valence-corrected chi connectivity index (χ3v) is 6.63. The smallest absolute Gasteiger partial charge is 0.293 e. The van der Waals surface area contributed by atoms with Gasteiger partial charge >= 0.3 is 0 Å². The van der Waals surface area contributed by atoms with E-state index in [1.807, 2.05) is 62.4 Å². The molecule has 148 valence electrons. The van der Waals surface area contributed by atoms with Crippen LogP contribution in [0.15, 0.2) is 62.5 Å². The number of nitrogens with zero attached hydrogens (tertiary/aromatic N) is 2. The van der Waals surface area contributed by atoms with E-state index < -0.39 is 0 Å². The number of halogens is 1. The lowest BCUT2D eigenvalue weighted by molar-refractivity contribution is -0.123. The summed E-state index contributed by atoms with van der Waals surface area (Å²) in [6.45, 7) is 4.90. The Bertz CT molecular complexity index is 1120. The van der Waals surface area contributed by atoms with Gasteiger partial charge < -0.3 is 8.98 Å². The second kappa shape index (κ2) is 8.08. The van der Waals surface area contributed by atoms with Gasteiger partial charge in [0.25, 0.3) is 11.1 Å². The van der Waals surface area contributed by atoms with Crippen molar-refractivity contribution in [1.82, 2.24) is 9.47 Å². The standard InChI is InChI=1S/C22H19BrN2O3S/c1-14-10-17(15(2)24(14)13-18-7-5-9-28-18)11-20-21(26)25(22(27)29-20)12-16-6-3-4-8-19(16)23/h3-11H,12-13H2,1-2H3/b20-11-. The van der Waals surface area contributed by atoms with Crippen LogP contribution in [0.2, 0.25) is 0 Å². The molecular formula is C22H19BrN2O3S. The Morgan fingerprint density at radius 3 is 2.62 bits per heavy atom. The van der Waals surface area contributed by atoms with E-state index in [1.54, 1.807) is 6.26 Å². The summed E-state index contributed by atoms with van der Waals surface area (Å²) in [5.74, 6) is 0.610. The van der Waals surface area contributed by atoms with Crippen molar-refractivity contribution in [2.75, 3.05) is 0 Å². The van der Waals surface area contributed by atoms with Crippen LogP contribution in [0.5, 0.6) is 0 Å². The highest BCUT2D eigenvalue weighted by Crippen LogP contribution is 2.35. The molecule has 1 aliphatic heterocycles. The summed E-state index contributed by atoms with van der Waals surface area (Å²) >= 11 is 4.46. The summed E-state index contributed by atoms with van der Waals surface area (Å²) in [6.07, 6.45) is 3.47. The van der Waals surface area contributed by atoms with E-state index in [9.17, 15) is 9.59 Å². The van der Waals surface area contributed by atoms with E-state index in [0.717, 1.165) is 44.5 Å². The average molecular weight is 471 g/mol. The molecule has 4 rings (SSSR count). The number of thioether (sulfide) groups is 1. The second-order valence-electron chi connectivity index (χ2n) is 6.85. The first-order chi connectivity index (χ1) is 13.9. The molecular weight excluding hydrogens is 452 g/mol. The number of hydrogen-bond acceptors (Lipinski definition) is 4. The molecule has 0 unspecified atom stereocenters. The van der Waals surface area contributed by atoms with Gasteiger partial charge in [0, 0.05) is 15.9 Å². The van der Waals surface area contributed by atoms with Gasteiger partial charge in [0.2, 0.25) is 0 Å². The minimum Gasteiger partial charge on any atom is -0.467 e. The highest BCUT2D eigenvalue weighted by molar-refractivity contribution is 9.10. The summed E-state index contributed by atoms with van der Waals surface area (Å²) in [5, 5.41) is -0.249. The topological polar surface area (TPSA) is 55.5 Å². The number of aryl methyl sites for hydroxylation is 1. The fourth-order valence-corrected chi connectivity index (χ4v) is 4.59. The number of carbonyl (C=O) groups is 2. The van der Waals surface area contributed by atoms with Crippen molar-refractivity contribution in [3.05, 3.63) is 86.4 Å². The number of imide groups is 1. The van der Waals surface area contributed by atoms with E-state index in [-0.39, 0.29) is 17.7 Å². The van der Waals surface area contributed by atoms with Crippen LogP contribution in [-0.2, 0) is 17.9 Å². The summed E-state index contributed by atoms with van der Waals surface area (Å²) in [5.41, 5.74) is 3.92. The predicted molar refractivity (Wildman–Crippen MR) is 117 cm³/mol. The molecule has 1 fully saturated rings. The van der Waals surface area contributed by atoms with Crippen LogP contribution in [0.3, 0.4) is 0 Å². The molecule has 5 nitrogen and oxygen atoms in total. The summed E-state index contributed by atoms with van der Waals surface area (Å²) in [6, 6.07) is 13.4. The number of amides is 2. The predicted octanol–water partition coefficient (Wildman–Crippen LogP) is 5.75. The van der Waals surface area contributed by atoms with E-state index in [0.29, 0.717) is 11.4 Å². The summed E-state index contributed by atoms with van der Waals surface area (Å²) < 4.78 is 8.47. The van der Waals surface area contributed by atoms with Crippen LogP contribution in [-0.4, -0.2) is 20.6 Å². The number of furan rings is 1. The molecule has 3 aromatic rings. The zero-order valence-corrected chi connectivity index (χ0v) is 18.4. The van der Waals surface area contributed by atoms with Crippen LogP contribution in [0.25, 0.3) is 6.08 Å². The van der Waals surface area contributed by atoms with Crippen molar-refractivity contribution >= 4 is 44.9 Å². The first-order valence-electron chi connectivity index (χ1n) is 9.12. The Hall–Kier alpha value is -2.51. The van der Waals surface area contributed by atoms with Gasteiger partial charge in [-0.15, -0.1) is 0 Å². The van der Waals surface area contributed by atoms with Crippen molar-refractivity contribution in [2.45, 2.75) is 26.9 Å². The molecule has 0 N–H and O–H groups in total. The van der Waals surface area contributed by atoms with Gasteiger partial charge in [0.05, 0.1) is 24.3 Å². The molecule has 0 atom stereocenters. The lowest BCUT2D eigenvalue weighted by atomic mass is 10.2. The molecule has 7 heteroatoms. The number of carbonyl (C=O) groups excluding carboxylic acids is 2. The van der Waals surface area contributed by atoms with Crippen molar-refractivity contribution in [2.24, 2.45) is 0 Å². The zero-order chi connectivity index (χ0) is 20.5. The van der Waals surface area contributed by atoms with Crippen molar-refractivity contribution in [1.29, 1.82) is 0 Å². The average Bonchev–Trinajstić information content (AvgIpc) is 3.36. The number of aromatic nitrogens is 1. The van der Waals surface area contributed by atoms with E-state index in [4.69, 9.17) is 4.42 Å². The van der Waals surface area contributed by atoms with E-state index in [2.05, 4.69) is 20.5 Å². The fourth-order valence-electron chi connectivity index (χ4n) is 3.35. The molecule has 1 saturated heterocycles. The highest BCUT2D eigenvalue weighted by atomic mass is 79.9. The molecule has 1 aromatic carbocycles. The highest BCUT2D eigenvalue weighted by Gasteiger charge is 2.35. The Kier molecular flexibility index (Phi) is 5.52. The maximum atomic E-state index is 12.9. The number of hydrogen-bond donors (Lipinski definition) is 0. The molecule has 0 aliphatic carbocycles. The Morgan fingerprint density at radius 1 is 1.10 bits per heavy atom. The van der Waals surface area contributed by atoms with Gasteiger partial charge in [-0.2, -0.15) is 0 Å². The molecule has 2 amide bonds.